The van der Waals surface area contributed by atoms with E-state index in [0.717, 1.165) is 29.6 Å². The van der Waals surface area contributed by atoms with E-state index in [0.29, 0.717) is 0 Å². The molecular weight excluding hydrogens is 164 g/mol. The number of rotatable bonds is 3. The molecule has 0 amide bonds. The minimum atomic E-state index is 0.783. The van der Waals surface area contributed by atoms with Gasteiger partial charge in [0.2, 0.25) is 0 Å². The lowest BCUT2D eigenvalue weighted by Crippen LogP contribution is -2.07. The molecule has 0 aliphatic carbocycles. The molecule has 1 aromatic rings. The lowest BCUT2D eigenvalue weighted by atomic mass is 10.3. The van der Waals surface area contributed by atoms with Crippen LogP contribution in [-0.2, 0) is 0 Å². The van der Waals surface area contributed by atoms with Crippen molar-refractivity contribution >= 4 is 11.6 Å². The van der Waals surface area contributed by atoms with Gasteiger partial charge >= 0.3 is 0 Å². The molecule has 2 N–H and O–H groups in total. The molecule has 1 aromatic heterocycles. The van der Waals surface area contributed by atoms with Gasteiger partial charge in [0.15, 0.2) is 0 Å². The number of aromatic nitrogens is 2. The first-order chi connectivity index (χ1) is 6.19. The Kier molecular flexibility index (Phi) is 3.06. The van der Waals surface area contributed by atoms with Crippen LogP contribution in [0.2, 0.25) is 0 Å². The van der Waals surface area contributed by atoms with Crippen LogP contribution in [-0.4, -0.2) is 23.6 Å². The molecule has 0 aliphatic rings. The first-order valence-electron chi connectivity index (χ1n) is 4.46. The molecule has 0 unspecified atom stereocenters. The summed E-state index contributed by atoms with van der Waals surface area (Å²) < 4.78 is 0. The number of anilines is 2. The lowest BCUT2D eigenvalue weighted by molar-refractivity contribution is 1.01. The molecule has 4 heteroatoms. The average Bonchev–Trinajstić information content (AvgIpc) is 2.11. The fourth-order valence-electron chi connectivity index (χ4n) is 1.21. The minimum Gasteiger partial charge on any atom is -0.373 e. The Bertz CT molecular complexity index is 296. The van der Waals surface area contributed by atoms with Crippen molar-refractivity contribution in [2.24, 2.45) is 0 Å². The third-order valence-corrected chi connectivity index (χ3v) is 1.84. The van der Waals surface area contributed by atoms with Crippen LogP contribution in [0, 0.1) is 13.8 Å². The molecule has 0 spiro atoms. The molecule has 4 nitrogen and oxygen atoms in total. The quantitative estimate of drug-likeness (QED) is 0.741. The van der Waals surface area contributed by atoms with Crippen LogP contribution in [0.1, 0.15) is 18.3 Å². The highest BCUT2D eigenvalue weighted by Gasteiger charge is 2.05. The topological polar surface area (TPSA) is 49.8 Å². The number of aryl methyl sites for hydroxylation is 1. The van der Waals surface area contributed by atoms with Gasteiger partial charge < -0.3 is 10.6 Å². The van der Waals surface area contributed by atoms with Crippen molar-refractivity contribution in [2.45, 2.75) is 20.8 Å². The average molecular weight is 180 g/mol. The first-order valence-corrected chi connectivity index (χ1v) is 4.46. The zero-order chi connectivity index (χ0) is 9.84. The summed E-state index contributed by atoms with van der Waals surface area (Å²) in [6, 6.07) is 0. The van der Waals surface area contributed by atoms with Crippen molar-refractivity contribution < 1.29 is 0 Å². The van der Waals surface area contributed by atoms with Crippen LogP contribution >= 0.6 is 0 Å². The third-order valence-electron chi connectivity index (χ3n) is 1.84. The van der Waals surface area contributed by atoms with Crippen molar-refractivity contribution in [3.05, 3.63) is 11.4 Å². The highest BCUT2D eigenvalue weighted by atomic mass is 15.1. The maximum absolute atomic E-state index is 4.31. The van der Waals surface area contributed by atoms with Crippen LogP contribution in [0.15, 0.2) is 0 Å². The summed E-state index contributed by atoms with van der Waals surface area (Å²) in [6.07, 6.45) is 0. The Morgan fingerprint density at radius 2 is 1.77 bits per heavy atom. The summed E-state index contributed by atoms with van der Waals surface area (Å²) in [4.78, 5) is 8.58. The maximum Gasteiger partial charge on any atom is 0.134 e. The second kappa shape index (κ2) is 4.07. The van der Waals surface area contributed by atoms with Gasteiger partial charge in [0.05, 0.1) is 0 Å². The summed E-state index contributed by atoms with van der Waals surface area (Å²) in [5.41, 5.74) is 1.06. The predicted molar refractivity (Wildman–Crippen MR) is 55.2 cm³/mol. The van der Waals surface area contributed by atoms with E-state index in [1.807, 2.05) is 20.9 Å². The largest absolute Gasteiger partial charge is 0.373 e. The van der Waals surface area contributed by atoms with Crippen LogP contribution < -0.4 is 10.6 Å². The molecule has 0 atom stereocenters. The van der Waals surface area contributed by atoms with Crippen molar-refractivity contribution in [3.63, 3.8) is 0 Å². The molecule has 0 aromatic carbocycles. The van der Waals surface area contributed by atoms with E-state index in [9.17, 15) is 0 Å². The maximum atomic E-state index is 4.31. The molecule has 0 radical (unpaired) electrons. The fourth-order valence-corrected chi connectivity index (χ4v) is 1.21. The van der Waals surface area contributed by atoms with Gasteiger partial charge in [-0.25, -0.2) is 9.97 Å². The molecule has 1 heterocycles. The predicted octanol–water partition coefficient (Wildman–Crippen LogP) is 1.57. The standard InChI is InChI=1S/C9H16N4/c1-5-11-9-6(2)8(10-4)12-7(3)13-9/h5H2,1-4H3,(H2,10,11,12,13). The molecule has 0 aliphatic heterocycles. The van der Waals surface area contributed by atoms with E-state index in [2.05, 4.69) is 27.5 Å². The van der Waals surface area contributed by atoms with E-state index in [1.54, 1.807) is 0 Å². The Morgan fingerprint density at radius 1 is 1.15 bits per heavy atom. The zero-order valence-electron chi connectivity index (χ0n) is 8.60. The molecule has 0 saturated carbocycles. The first kappa shape index (κ1) is 9.77. The Labute approximate surface area is 78.8 Å². The van der Waals surface area contributed by atoms with Crippen LogP contribution in [0.4, 0.5) is 11.6 Å². The van der Waals surface area contributed by atoms with E-state index in [1.165, 1.54) is 0 Å². The van der Waals surface area contributed by atoms with Crippen LogP contribution in [0.25, 0.3) is 0 Å². The van der Waals surface area contributed by atoms with Crippen molar-refractivity contribution in [2.75, 3.05) is 24.2 Å². The van der Waals surface area contributed by atoms with Crippen molar-refractivity contribution in [3.8, 4) is 0 Å². The second-order valence-corrected chi connectivity index (χ2v) is 2.87. The molecule has 13 heavy (non-hydrogen) atoms. The highest BCUT2D eigenvalue weighted by molar-refractivity contribution is 5.56. The highest BCUT2D eigenvalue weighted by Crippen LogP contribution is 2.18. The number of hydrogen-bond donors (Lipinski definition) is 2. The smallest absolute Gasteiger partial charge is 0.134 e. The minimum absolute atomic E-state index is 0.783. The van der Waals surface area contributed by atoms with Gasteiger partial charge in [0.25, 0.3) is 0 Å². The normalized spacial score (nSPS) is 9.85. The summed E-state index contributed by atoms with van der Waals surface area (Å²) in [6.45, 7) is 6.82. The number of nitrogens with zero attached hydrogens (tertiary/aromatic N) is 2. The van der Waals surface area contributed by atoms with Crippen LogP contribution in [0.3, 0.4) is 0 Å². The van der Waals surface area contributed by atoms with Crippen molar-refractivity contribution in [1.29, 1.82) is 0 Å². The Morgan fingerprint density at radius 3 is 2.31 bits per heavy atom. The zero-order valence-corrected chi connectivity index (χ0v) is 8.60. The molecule has 0 fully saturated rings. The third kappa shape index (κ3) is 2.08. The fraction of sp³-hybridized carbons (Fsp3) is 0.556. The van der Waals surface area contributed by atoms with Crippen LogP contribution in [0.5, 0.6) is 0 Å². The van der Waals surface area contributed by atoms with Gasteiger partial charge in [-0.05, 0) is 20.8 Å². The van der Waals surface area contributed by atoms with E-state index in [-0.39, 0.29) is 0 Å². The molecular formula is C9H16N4. The van der Waals surface area contributed by atoms with Gasteiger partial charge in [-0.1, -0.05) is 0 Å². The van der Waals surface area contributed by atoms with Gasteiger partial charge in [-0.3, -0.25) is 0 Å². The number of hydrogen-bond acceptors (Lipinski definition) is 4. The molecule has 72 valence electrons. The van der Waals surface area contributed by atoms with Crippen molar-refractivity contribution in [1.82, 2.24) is 9.97 Å². The molecule has 0 saturated heterocycles. The summed E-state index contributed by atoms with van der Waals surface area (Å²) in [5, 5.41) is 6.24. The molecule has 1 rings (SSSR count). The Hall–Kier alpha value is -1.32. The van der Waals surface area contributed by atoms with E-state index in [4.69, 9.17) is 0 Å². The lowest BCUT2D eigenvalue weighted by Gasteiger charge is -2.10. The van der Waals surface area contributed by atoms with Gasteiger partial charge in [-0.15, -0.1) is 0 Å². The van der Waals surface area contributed by atoms with Gasteiger partial charge in [0, 0.05) is 19.2 Å². The summed E-state index contributed by atoms with van der Waals surface area (Å²) in [7, 11) is 1.87. The summed E-state index contributed by atoms with van der Waals surface area (Å²) >= 11 is 0. The number of nitrogens with one attached hydrogen (secondary N) is 2. The van der Waals surface area contributed by atoms with Gasteiger partial charge in [-0.2, -0.15) is 0 Å². The second-order valence-electron chi connectivity index (χ2n) is 2.87. The molecule has 0 bridgehead atoms. The Balaban J connectivity index is 3.11. The van der Waals surface area contributed by atoms with Gasteiger partial charge in [0.1, 0.15) is 17.5 Å². The van der Waals surface area contributed by atoms with E-state index < -0.39 is 0 Å². The summed E-state index contributed by atoms with van der Waals surface area (Å²) in [5.74, 6) is 2.59. The van der Waals surface area contributed by atoms with E-state index >= 15 is 0 Å². The SMILES string of the molecule is CCNc1nc(C)nc(NC)c1C. The monoisotopic (exact) mass is 180 g/mol.